The van der Waals surface area contributed by atoms with E-state index in [-0.39, 0.29) is 59.3 Å². The molecule has 0 saturated carbocycles. The number of nitrogens with one attached hydrogen (secondary N) is 1. The predicted octanol–water partition coefficient (Wildman–Crippen LogP) is 3.48. The number of aromatic nitrogens is 4. The van der Waals surface area contributed by atoms with Crippen LogP contribution in [-0.2, 0) is 11.8 Å². The zero-order chi connectivity index (χ0) is 26.4. The van der Waals surface area contributed by atoms with Gasteiger partial charge in [-0.15, -0.1) is 0 Å². The molecule has 0 aromatic carbocycles. The zero-order valence-corrected chi connectivity index (χ0v) is 20.1. The lowest BCUT2D eigenvalue weighted by Gasteiger charge is -2.32. The van der Waals surface area contributed by atoms with Gasteiger partial charge in [0.25, 0.3) is 5.91 Å². The summed E-state index contributed by atoms with van der Waals surface area (Å²) >= 11 is 0. The van der Waals surface area contributed by atoms with E-state index >= 15 is 0 Å². The fourth-order valence-corrected chi connectivity index (χ4v) is 4.24. The molecule has 2 amide bonds. The first kappa shape index (κ1) is 25.4. The Morgan fingerprint density at radius 1 is 1.31 bits per heavy atom. The summed E-state index contributed by atoms with van der Waals surface area (Å²) in [6, 6.07) is 2.38. The maximum atomic E-state index is 13.8. The molecule has 3 aromatic heterocycles. The molecule has 0 spiro atoms. The van der Waals surface area contributed by atoms with E-state index in [0.29, 0.717) is 0 Å². The molecule has 192 valence electrons. The average Bonchev–Trinajstić information content (AvgIpc) is 3.44. The van der Waals surface area contributed by atoms with Gasteiger partial charge in [0.1, 0.15) is 17.9 Å². The van der Waals surface area contributed by atoms with Gasteiger partial charge in [-0.3, -0.25) is 24.2 Å². The maximum Gasteiger partial charge on any atom is 0.397 e. The van der Waals surface area contributed by atoms with Crippen molar-refractivity contribution in [3.05, 3.63) is 42.2 Å². The Bertz CT molecular complexity index is 1280. The van der Waals surface area contributed by atoms with Gasteiger partial charge in [0.05, 0.1) is 11.9 Å². The number of alkyl halides is 3. The number of carbonyl (C=O) groups excluding carboxylic acids is 2. The van der Waals surface area contributed by atoms with Crippen LogP contribution in [0, 0.1) is 5.41 Å². The Morgan fingerprint density at radius 3 is 2.64 bits per heavy atom. The van der Waals surface area contributed by atoms with E-state index in [0.717, 1.165) is 6.26 Å². The highest BCUT2D eigenvalue weighted by Crippen LogP contribution is 2.46. The van der Waals surface area contributed by atoms with Gasteiger partial charge in [-0.25, -0.2) is 4.98 Å². The van der Waals surface area contributed by atoms with Crippen molar-refractivity contribution in [3.8, 4) is 11.5 Å². The number of oxazole rings is 1. The number of nitrogens with two attached hydrogens (primary N) is 1. The van der Waals surface area contributed by atoms with E-state index in [2.05, 4.69) is 20.4 Å². The standard InChI is InChI=1S/C23H26F3N7O3/c1-22(2,3)18(23(24,25)26)14-7-12(5-6-28-14)21-30-16(11-36-21)20(35)29-15-10-32(4)31-19(15)33-9-13(27)8-17(33)34/h5-7,10-11,13,18H,8-9,27H2,1-4H3,(H,29,35)/t13-,18?/m0/s1. The van der Waals surface area contributed by atoms with Crippen LogP contribution < -0.4 is 16.0 Å². The Labute approximate surface area is 204 Å². The van der Waals surface area contributed by atoms with Crippen molar-refractivity contribution in [1.82, 2.24) is 19.7 Å². The Balaban J connectivity index is 1.57. The minimum absolute atomic E-state index is 0.0364. The third-order valence-corrected chi connectivity index (χ3v) is 5.72. The molecule has 3 N–H and O–H groups in total. The largest absolute Gasteiger partial charge is 0.444 e. The molecule has 0 aliphatic carbocycles. The third-order valence-electron chi connectivity index (χ3n) is 5.72. The van der Waals surface area contributed by atoms with E-state index in [9.17, 15) is 22.8 Å². The van der Waals surface area contributed by atoms with E-state index < -0.39 is 23.4 Å². The third kappa shape index (κ3) is 5.10. The van der Waals surface area contributed by atoms with Gasteiger partial charge in [0.2, 0.25) is 11.8 Å². The molecule has 4 heterocycles. The maximum absolute atomic E-state index is 13.8. The molecule has 2 atom stereocenters. The minimum Gasteiger partial charge on any atom is -0.444 e. The van der Waals surface area contributed by atoms with Crippen LogP contribution in [0.15, 0.2) is 35.2 Å². The van der Waals surface area contributed by atoms with Crippen LogP contribution in [0.25, 0.3) is 11.5 Å². The van der Waals surface area contributed by atoms with Crippen LogP contribution in [0.3, 0.4) is 0 Å². The van der Waals surface area contributed by atoms with Crippen molar-refractivity contribution < 1.29 is 27.2 Å². The molecule has 10 nitrogen and oxygen atoms in total. The Morgan fingerprint density at radius 2 is 2.03 bits per heavy atom. The van der Waals surface area contributed by atoms with Crippen molar-refractivity contribution in [3.63, 3.8) is 0 Å². The van der Waals surface area contributed by atoms with E-state index in [1.54, 1.807) is 7.05 Å². The van der Waals surface area contributed by atoms with Crippen LogP contribution >= 0.6 is 0 Å². The minimum atomic E-state index is -4.51. The van der Waals surface area contributed by atoms with Crippen molar-refractivity contribution in [2.24, 2.45) is 18.2 Å². The molecular formula is C23H26F3N7O3. The quantitative estimate of drug-likeness (QED) is 0.543. The van der Waals surface area contributed by atoms with E-state index in [4.69, 9.17) is 10.2 Å². The summed E-state index contributed by atoms with van der Waals surface area (Å²) in [4.78, 5) is 34.6. The molecule has 13 heteroatoms. The molecule has 0 bridgehead atoms. The monoisotopic (exact) mass is 505 g/mol. The van der Waals surface area contributed by atoms with Crippen molar-refractivity contribution in [2.75, 3.05) is 16.8 Å². The van der Waals surface area contributed by atoms with Crippen molar-refractivity contribution in [2.45, 2.75) is 45.3 Å². The molecule has 1 aliphatic rings. The number of amides is 2. The van der Waals surface area contributed by atoms with Crippen LogP contribution in [0.2, 0.25) is 0 Å². The molecule has 1 saturated heterocycles. The lowest BCUT2D eigenvalue weighted by atomic mass is 9.78. The van der Waals surface area contributed by atoms with E-state index in [1.165, 1.54) is 54.9 Å². The number of hydrogen-bond acceptors (Lipinski definition) is 7. The lowest BCUT2D eigenvalue weighted by Crippen LogP contribution is -2.33. The van der Waals surface area contributed by atoms with Gasteiger partial charge < -0.3 is 15.5 Å². The van der Waals surface area contributed by atoms with Gasteiger partial charge >= 0.3 is 6.18 Å². The first-order valence-corrected chi connectivity index (χ1v) is 11.1. The van der Waals surface area contributed by atoms with Crippen LogP contribution in [0.1, 0.15) is 49.3 Å². The fraction of sp³-hybridized carbons (Fsp3) is 0.435. The molecule has 36 heavy (non-hydrogen) atoms. The number of pyridine rings is 1. The van der Waals surface area contributed by atoms with Crippen LogP contribution in [0.4, 0.5) is 24.7 Å². The highest BCUT2D eigenvalue weighted by Gasteiger charge is 2.48. The molecule has 1 aliphatic heterocycles. The Hall–Kier alpha value is -3.74. The first-order chi connectivity index (χ1) is 16.7. The summed E-state index contributed by atoms with van der Waals surface area (Å²) in [6.45, 7) is 4.74. The molecule has 3 aromatic rings. The van der Waals surface area contributed by atoms with Gasteiger partial charge in [-0.1, -0.05) is 20.8 Å². The van der Waals surface area contributed by atoms with Crippen molar-refractivity contribution in [1.29, 1.82) is 0 Å². The normalized spacial score (nSPS) is 17.5. The summed E-state index contributed by atoms with van der Waals surface area (Å²) in [5.74, 6) is -2.45. The second kappa shape index (κ2) is 9.04. The SMILES string of the molecule is Cn1cc(NC(=O)c2coc(-c3ccnc(C(C(C)(C)C)C(F)(F)F)c3)n2)c(N2C[C@@H](N)CC2=O)n1. The summed E-state index contributed by atoms with van der Waals surface area (Å²) in [5, 5.41) is 6.91. The summed E-state index contributed by atoms with van der Waals surface area (Å²) < 4.78 is 48.2. The topological polar surface area (TPSA) is 132 Å². The molecular weight excluding hydrogens is 479 g/mol. The highest BCUT2D eigenvalue weighted by atomic mass is 19.4. The number of halogens is 3. The van der Waals surface area contributed by atoms with Crippen molar-refractivity contribution >= 4 is 23.3 Å². The summed E-state index contributed by atoms with van der Waals surface area (Å²) in [7, 11) is 1.64. The second-order valence-corrected chi connectivity index (χ2v) is 9.81. The van der Waals surface area contributed by atoms with Crippen LogP contribution in [0.5, 0.6) is 0 Å². The van der Waals surface area contributed by atoms with Crippen LogP contribution in [-0.4, -0.2) is 50.3 Å². The smallest absolute Gasteiger partial charge is 0.397 e. The summed E-state index contributed by atoms with van der Waals surface area (Å²) in [5.41, 5.74) is 4.97. The number of nitrogens with zero attached hydrogens (tertiary/aromatic N) is 5. The molecule has 0 radical (unpaired) electrons. The molecule has 4 rings (SSSR count). The number of hydrogen-bond donors (Lipinski definition) is 2. The molecule has 1 unspecified atom stereocenters. The number of rotatable bonds is 5. The van der Waals surface area contributed by atoms with Gasteiger partial charge in [0.15, 0.2) is 11.5 Å². The lowest BCUT2D eigenvalue weighted by molar-refractivity contribution is -0.172. The fourth-order valence-electron chi connectivity index (χ4n) is 4.24. The number of carbonyl (C=O) groups is 2. The van der Waals surface area contributed by atoms with Gasteiger partial charge in [-0.05, 0) is 17.5 Å². The Kier molecular flexibility index (Phi) is 6.37. The predicted molar refractivity (Wildman–Crippen MR) is 124 cm³/mol. The second-order valence-electron chi connectivity index (χ2n) is 9.81. The number of aryl methyl sites for hydroxylation is 1. The van der Waals surface area contributed by atoms with E-state index in [1.807, 2.05) is 0 Å². The number of anilines is 2. The first-order valence-electron chi connectivity index (χ1n) is 11.1. The van der Waals surface area contributed by atoms with Gasteiger partial charge in [0, 0.05) is 37.8 Å². The zero-order valence-electron chi connectivity index (χ0n) is 20.1. The highest BCUT2D eigenvalue weighted by molar-refractivity contribution is 6.06. The summed E-state index contributed by atoms with van der Waals surface area (Å²) in [6.07, 6.45) is -0.450. The van der Waals surface area contributed by atoms with Gasteiger partial charge in [-0.2, -0.15) is 18.3 Å². The average molecular weight is 506 g/mol. The molecule has 1 fully saturated rings.